The van der Waals surface area contributed by atoms with Crippen LogP contribution in [0.5, 0.6) is 5.75 Å². The molecule has 0 aliphatic rings. The maximum absolute atomic E-state index is 13.4. The number of carbonyl (C=O) groups excluding carboxylic acids is 2. The van der Waals surface area contributed by atoms with Crippen LogP contribution in [0.3, 0.4) is 0 Å². The van der Waals surface area contributed by atoms with Crippen molar-refractivity contribution >= 4 is 29.2 Å². The summed E-state index contributed by atoms with van der Waals surface area (Å²) in [6.45, 7) is -0.734. The van der Waals surface area contributed by atoms with E-state index in [1.54, 1.807) is 12.1 Å². The van der Waals surface area contributed by atoms with Crippen LogP contribution in [-0.2, 0) is 9.53 Å². The SMILES string of the molecule is COc1ccc(Cl)cc1NC(=O)COC(=O)c1c(F)cccc1F. The van der Waals surface area contributed by atoms with Crippen LogP contribution in [0.4, 0.5) is 14.5 Å². The average molecular weight is 356 g/mol. The van der Waals surface area contributed by atoms with Crippen LogP contribution in [-0.4, -0.2) is 25.6 Å². The van der Waals surface area contributed by atoms with E-state index in [0.29, 0.717) is 10.8 Å². The largest absolute Gasteiger partial charge is 0.495 e. The first-order valence-electron chi connectivity index (χ1n) is 6.67. The third-order valence-electron chi connectivity index (χ3n) is 2.94. The molecule has 1 amide bonds. The Morgan fingerprint density at radius 1 is 1.17 bits per heavy atom. The molecule has 0 saturated carbocycles. The summed E-state index contributed by atoms with van der Waals surface area (Å²) in [7, 11) is 1.40. The lowest BCUT2D eigenvalue weighted by atomic mass is 10.2. The van der Waals surface area contributed by atoms with Gasteiger partial charge in [0.1, 0.15) is 22.9 Å². The number of nitrogens with one attached hydrogen (secondary N) is 1. The van der Waals surface area contributed by atoms with Gasteiger partial charge in [0.15, 0.2) is 6.61 Å². The molecule has 0 bridgehead atoms. The Kier molecular flexibility index (Phi) is 5.70. The Morgan fingerprint density at radius 2 is 1.83 bits per heavy atom. The van der Waals surface area contributed by atoms with Crippen molar-refractivity contribution in [2.24, 2.45) is 0 Å². The fourth-order valence-electron chi connectivity index (χ4n) is 1.86. The number of carbonyl (C=O) groups is 2. The second-order valence-corrected chi connectivity index (χ2v) is 5.00. The van der Waals surface area contributed by atoms with Gasteiger partial charge in [-0.3, -0.25) is 4.79 Å². The number of rotatable bonds is 5. The van der Waals surface area contributed by atoms with Crippen LogP contribution in [0, 0.1) is 11.6 Å². The van der Waals surface area contributed by atoms with Gasteiger partial charge in [-0.05, 0) is 30.3 Å². The number of ether oxygens (including phenoxy) is 2. The molecular weight excluding hydrogens is 344 g/mol. The zero-order valence-corrected chi connectivity index (χ0v) is 13.2. The highest BCUT2D eigenvalue weighted by Crippen LogP contribution is 2.27. The van der Waals surface area contributed by atoms with Gasteiger partial charge in [0.2, 0.25) is 0 Å². The normalized spacial score (nSPS) is 10.2. The molecule has 0 unspecified atom stereocenters. The van der Waals surface area contributed by atoms with E-state index in [1.807, 2.05) is 0 Å². The standard InChI is InChI=1S/C16H12ClF2NO4/c1-23-13-6-5-9(17)7-12(13)20-14(21)8-24-16(22)15-10(18)3-2-4-11(15)19/h2-7H,8H2,1H3,(H,20,21). The minimum Gasteiger partial charge on any atom is -0.495 e. The average Bonchev–Trinajstić information content (AvgIpc) is 2.53. The van der Waals surface area contributed by atoms with Crippen molar-refractivity contribution < 1.29 is 27.8 Å². The van der Waals surface area contributed by atoms with Gasteiger partial charge in [-0.15, -0.1) is 0 Å². The van der Waals surface area contributed by atoms with Gasteiger partial charge in [0.05, 0.1) is 12.8 Å². The van der Waals surface area contributed by atoms with Gasteiger partial charge in [-0.1, -0.05) is 17.7 Å². The van der Waals surface area contributed by atoms with E-state index in [9.17, 15) is 18.4 Å². The molecule has 5 nitrogen and oxygen atoms in total. The lowest BCUT2D eigenvalue weighted by Crippen LogP contribution is -2.22. The Balaban J connectivity index is 2.01. The van der Waals surface area contributed by atoms with E-state index in [1.165, 1.54) is 13.2 Å². The highest BCUT2D eigenvalue weighted by atomic mass is 35.5. The van der Waals surface area contributed by atoms with Gasteiger partial charge < -0.3 is 14.8 Å². The summed E-state index contributed by atoms with van der Waals surface area (Å²) in [5.41, 5.74) is -0.589. The quantitative estimate of drug-likeness (QED) is 0.835. The first-order chi connectivity index (χ1) is 11.4. The molecule has 0 heterocycles. The summed E-state index contributed by atoms with van der Waals surface area (Å²) >= 11 is 5.82. The maximum Gasteiger partial charge on any atom is 0.344 e. The second-order valence-electron chi connectivity index (χ2n) is 4.57. The van der Waals surface area contributed by atoms with E-state index in [0.717, 1.165) is 18.2 Å². The zero-order chi connectivity index (χ0) is 17.7. The zero-order valence-electron chi connectivity index (χ0n) is 12.4. The van der Waals surface area contributed by atoms with Gasteiger partial charge in [0, 0.05) is 5.02 Å². The minimum absolute atomic E-state index is 0.267. The van der Waals surface area contributed by atoms with Crippen molar-refractivity contribution in [2.45, 2.75) is 0 Å². The molecule has 2 aromatic rings. The molecule has 1 N–H and O–H groups in total. The maximum atomic E-state index is 13.4. The first kappa shape index (κ1) is 17.7. The van der Waals surface area contributed by atoms with Gasteiger partial charge in [-0.25, -0.2) is 13.6 Å². The molecule has 0 saturated heterocycles. The molecule has 2 aromatic carbocycles. The Hall–Kier alpha value is -2.67. The molecule has 0 radical (unpaired) electrons. The van der Waals surface area contributed by atoms with Crippen molar-refractivity contribution in [3.8, 4) is 5.75 Å². The smallest absolute Gasteiger partial charge is 0.344 e. The van der Waals surface area contributed by atoms with Crippen molar-refractivity contribution in [3.63, 3.8) is 0 Å². The van der Waals surface area contributed by atoms with Crippen molar-refractivity contribution in [1.29, 1.82) is 0 Å². The van der Waals surface area contributed by atoms with E-state index in [2.05, 4.69) is 10.1 Å². The number of halogens is 3. The summed E-state index contributed by atoms with van der Waals surface area (Å²) in [5.74, 6) is -3.80. The Bertz CT molecular complexity index is 762. The summed E-state index contributed by atoms with van der Waals surface area (Å²) in [6, 6.07) is 7.49. The fraction of sp³-hybridized carbons (Fsp3) is 0.125. The number of anilines is 1. The number of hydrogen-bond donors (Lipinski definition) is 1. The van der Waals surface area contributed by atoms with Gasteiger partial charge >= 0.3 is 5.97 Å². The van der Waals surface area contributed by atoms with Crippen LogP contribution in [0.1, 0.15) is 10.4 Å². The van der Waals surface area contributed by atoms with Gasteiger partial charge in [-0.2, -0.15) is 0 Å². The summed E-state index contributed by atoms with van der Waals surface area (Å²) in [6.07, 6.45) is 0. The summed E-state index contributed by atoms with van der Waals surface area (Å²) in [4.78, 5) is 23.5. The minimum atomic E-state index is -1.28. The van der Waals surface area contributed by atoms with Crippen LogP contribution in [0.2, 0.25) is 5.02 Å². The van der Waals surface area contributed by atoms with Crippen LogP contribution < -0.4 is 10.1 Å². The second kappa shape index (κ2) is 7.74. The van der Waals surface area contributed by atoms with Crippen LogP contribution >= 0.6 is 11.6 Å². The lowest BCUT2D eigenvalue weighted by molar-refractivity contribution is -0.119. The number of esters is 1. The molecule has 0 fully saturated rings. The van der Waals surface area contributed by atoms with Crippen LogP contribution in [0.15, 0.2) is 36.4 Å². The molecule has 8 heteroatoms. The number of amides is 1. The Labute approximate surface area is 141 Å². The molecule has 0 aromatic heterocycles. The van der Waals surface area contributed by atoms with E-state index in [-0.39, 0.29) is 5.69 Å². The molecule has 0 aliphatic heterocycles. The van der Waals surface area contributed by atoms with Crippen molar-refractivity contribution in [2.75, 3.05) is 19.0 Å². The number of hydrogen-bond acceptors (Lipinski definition) is 4. The highest BCUT2D eigenvalue weighted by molar-refractivity contribution is 6.31. The van der Waals surface area contributed by atoms with Crippen molar-refractivity contribution in [3.05, 3.63) is 58.6 Å². The van der Waals surface area contributed by atoms with E-state index < -0.39 is 35.7 Å². The van der Waals surface area contributed by atoms with E-state index in [4.69, 9.17) is 16.3 Å². The third-order valence-corrected chi connectivity index (χ3v) is 3.17. The molecule has 0 spiro atoms. The van der Waals surface area contributed by atoms with E-state index >= 15 is 0 Å². The molecule has 24 heavy (non-hydrogen) atoms. The monoisotopic (exact) mass is 355 g/mol. The molecule has 2 rings (SSSR count). The van der Waals surface area contributed by atoms with Crippen molar-refractivity contribution in [1.82, 2.24) is 0 Å². The summed E-state index contributed by atoms with van der Waals surface area (Å²) < 4.78 is 36.6. The molecular formula is C16H12ClF2NO4. The lowest BCUT2D eigenvalue weighted by Gasteiger charge is -2.11. The van der Waals surface area contributed by atoms with Crippen LogP contribution in [0.25, 0.3) is 0 Å². The predicted molar refractivity (Wildman–Crippen MR) is 83.3 cm³/mol. The van der Waals surface area contributed by atoms with Gasteiger partial charge in [0.25, 0.3) is 5.91 Å². The highest BCUT2D eigenvalue weighted by Gasteiger charge is 2.19. The Morgan fingerprint density at radius 3 is 2.46 bits per heavy atom. The first-order valence-corrected chi connectivity index (χ1v) is 7.04. The predicted octanol–water partition coefficient (Wildman–Crippen LogP) is 3.42. The summed E-state index contributed by atoms with van der Waals surface area (Å²) in [5, 5.41) is 2.78. The topological polar surface area (TPSA) is 64.6 Å². The third kappa shape index (κ3) is 4.20. The molecule has 0 atom stereocenters. The molecule has 126 valence electrons. The number of benzene rings is 2. The molecule has 0 aliphatic carbocycles. The number of methoxy groups -OCH3 is 1. The fourth-order valence-corrected chi connectivity index (χ4v) is 2.03.